The molecule has 0 unspecified atom stereocenters. The molecule has 0 aliphatic heterocycles. The number of aryl methyl sites for hydroxylation is 1. The summed E-state index contributed by atoms with van der Waals surface area (Å²) in [6.07, 6.45) is 2.21. The van der Waals surface area contributed by atoms with Crippen LogP contribution in [0.25, 0.3) is 11.0 Å². The summed E-state index contributed by atoms with van der Waals surface area (Å²) in [4.78, 5) is 16.6. The summed E-state index contributed by atoms with van der Waals surface area (Å²) in [6.45, 7) is 2.31. The number of fused-ring (bicyclic) bond motifs is 1. The minimum absolute atomic E-state index is 0.0306. The fourth-order valence-electron chi connectivity index (χ4n) is 3.31. The Balaban J connectivity index is 1.19. The van der Waals surface area contributed by atoms with Crippen LogP contribution in [0.3, 0.4) is 0 Å². The first-order valence-corrected chi connectivity index (χ1v) is 10.1. The summed E-state index contributed by atoms with van der Waals surface area (Å²) < 4.78 is 7.78. The Bertz CT molecular complexity index is 1090. The number of hydrogen-bond donors (Lipinski definition) is 1. The Kier molecular flexibility index (Phi) is 6.52. The van der Waals surface area contributed by atoms with Crippen molar-refractivity contribution in [2.75, 3.05) is 0 Å². The summed E-state index contributed by atoms with van der Waals surface area (Å²) in [5.41, 5.74) is 5.36. The molecule has 4 rings (SSSR count). The van der Waals surface area contributed by atoms with E-state index < -0.39 is 0 Å². The average molecular weight is 399 g/mol. The highest BCUT2D eigenvalue weighted by Gasteiger charge is 2.05. The van der Waals surface area contributed by atoms with E-state index in [9.17, 15) is 4.79 Å². The molecule has 3 aromatic carbocycles. The molecule has 1 N–H and O–H groups in total. The Hall–Kier alpha value is -3.44. The molecule has 0 saturated heterocycles. The van der Waals surface area contributed by atoms with Crippen molar-refractivity contribution in [1.82, 2.24) is 14.9 Å². The maximum Gasteiger partial charge on any atom is 0.222 e. The first-order chi connectivity index (χ1) is 14.8. The van der Waals surface area contributed by atoms with Crippen LogP contribution in [0.4, 0.5) is 0 Å². The van der Waals surface area contributed by atoms with E-state index in [-0.39, 0.29) is 5.91 Å². The molecule has 0 aliphatic rings. The first kappa shape index (κ1) is 19.9. The molecule has 5 nitrogen and oxygen atoms in total. The van der Waals surface area contributed by atoms with Gasteiger partial charge in [0.15, 0.2) is 0 Å². The summed E-state index contributed by atoms with van der Waals surface area (Å²) >= 11 is 0. The van der Waals surface area contributed by atoms with Crippen molar-refractivity contribution in [2.24, 2.45) is 0 Å². The van der Waals surface area contributed by atoms with Crippen LogP contribution < -0.4 is 5.32 Å². The fraction of sp³-hybridized carbons (Fsp3) is 0.200. The van der Waals surface area contributed by atoms with Gasteiger partial charge in [-0.1, -0.05) is 66.7 Å². The van der Waals surface area contributed by atoms with Crippen LogP contribution >= 0.6 is 0 Å². The summed E-state index contributed by atoms with van der Waals surface area (Å²) in [5, 5.41) is 2.99. The molecule has 5 heteroatoms. The molecule has 0 spiro atoms. The van der Waals surface area contributed by atoms with Crippen LogP contribution in [0.2, 0.25) is 0 Å². The molecular weight excluding hydrogens is 374 g/mol. The third-order valence-corrected chi connectivity index (χ3v) is 5.00. The third-order valence-electron chi connectivity index (χ3n) is 5.00. The normalized spacial score (nSPS) is 10.9. The van der Waals surface area contributed by atoms with Gasteiger partial charge >= 0.3 is 0 Å². The van der Waals surface area contributed by atoms with Crippen LogP contribution in [0.1, 0.15) is 23.1 Å². The molecule has 0 atom stereocenters. The monoisotopic (exact) mass is 399 g/mol. The molecule has 1 aromatic heterocycles. The molecule has 0 fully saturated rings. The molecule has 152 valence electrons. The molecule has 30 heavy (non-hydrogen) atoms. The van der Waals surface area contributed by atoms with Gasteiger partial charge in [0, 0.05) is 19.5 Å². The second-order valence-electron chi connectivity index (χ2n) is 7.25. The molecule has 0 saturated carbocycles. The summed E-state index contributed by atoms with van der Waals surface area (Å²) in [5.74, 6) is 0.0306. The van der Waals surface area contributed by atoms with E-state index in [1.54, 1.807) is 6.33 Å². The first-order valence-electron chi connectivity index (χ1n) is 10.1. The SMILES string of the molecule is O=C(CCn1cnc2ccccc21)NCc1ccc(COCc2ccccc2)cc1. The number of amides is 1. The second-order valence-corrected chi connectivity index (χ2v) is 7.25. The van der Waals surface area contributed by atoms with Gasteiger partial charge in [-0.15, -0.1) is 0 Å². The van der Waals surface area contributed by atoms with Crippen molar-refractivity contribution in [3.05, 3.63) is 102 Å². The topological polar surface area (TPSA) is 56.2 Å². The lowest BCUT2D eigenvalue weighted by molar-refractivity contribution is -0.121. The van der Waals surface area contributed by atoms with E-state index in [2.05, 4.69) is 22.4 Å². The highest BCUT2D eigenvalue weighted by atomic mass is 16.5. The lowest BCUT2D eigenvalue weighted by Gasteiger charge is -2.08. The number of rotatable bonds is 9. The predicted molar refractivity (Wildman–Crippen MR) is 118 cm³/mol. The van der Waals surface area contributed by atoms with Crippen LogP contribution in [-0.2, 0) is 35.8 Å². The highest BCUT2D eigenvalue weighted by Crippen LogP contribution is 2.12. The van der Waals surface area contributed by atoms with E-state index in [0.29, 0.717) is 32.7 Å². The van der Waals surface area contributed by atoms with E-state index in [4.69, 9.17) is 4.74 Å². The van der Waals surface area contributed by atoms with Crippen LogP contribution in [0.15, 0.2) is 85.2 Å². The van der Waals surface area contributed by atoms with Gasteiger partial charge in [0.05, 0.1) is 30.6 Å². The molecule has 0 aliphatic carbocycles. The Morgan fingerprint density at radius 1 is 0.833 bits per heavy atom. The zero-order chi connectivity index (χ0) is 20.6. The van der Waals surface area contributed by atoms with Crippen molar-refractivity contribution < 1.29 is 9.53 Å². The summed E-state index contributed by atoms with van der Waals surface area (Å²) in [6, 6.07) is 26.2. The molecular formula is C25H25N3O2. The number of nitrogens with zero attached hydrogens (tertiary/aromatic N) is 2. The third kappa shape index (κ3) is 5.33. The highest BCUT2D eigenvalue weighted by molar-refractivity contribution is 5.77. The van der Waals surface area contributed by atoms with Gasteiger partial charge in [-0.05, 0) is 28.8 Å². The van der Waals surface area contributed by atoms with Crippen LogP contribution in [0, 0.1) is 0 Å². The van der Waals surface area contributed by atoms with Crippen LogP contribution in [0.5, 0.6) is 0 Å². The van der Waals surface area contributed by atoms with Crippen molar-refractivity contribution in [3.8, 4) is 0 Å². The van der Waals surface area contributed by atoms with Gasteiger partial charge in [-0.2, -0.15) is 0 Å². The van der Waals surface area contributed by atoms with Gasteiger partial charge in [-0.25, -0.2) is 4.98 Å². The van der Waals surface area contributed by atoms with E-state index in [1.807, 2.05) is 71.3 Å². The molecule has 4 aromatic rings. The minimum Gasteiger partial charge on any atom is -0.372 e. The molecule has 1 amide bonds. The van der Waals surface area contributed by atoms with Crippen molar-refractivity contribution >= 4 is 16.9 Å². The predicted octanol–water partition coefficient (Wildman–Crippen LogP) is 4.46. The number of benzene rings is 3. The number of ether oxygens (including phenoxy) is 1. The quantitative estimate of drug-likeness (QED) is 0.452. The number of imidazole rings is 1. The van der Waals surface area contributed by atoms with Crippen LogP contribution in [-0.4, -0.2) is 15.5 Å². The number of carbonyl (C=O) groups excluding carboxylic acids is 1. The maximum atomic E-state index is 12.2. The molecule has 1 heterocycles. The van der Waals surface area contributed by atoms with Gasteiger partial charge in [0.2, 0.25) is 5.91 Å². The lowest BCUT2D eigenvalue weighted by Crippen LogP contribution is -2.23. The Morgan fingerprint density at radius 3 is 2.30 bits per heavy atom. The van der Waals surface area contributed by atoms with Gasteiger partial charge in [0.25, 0.3) is 0 Å². The van der Waals surface area contributed by atoms with Crippen molar-refractivity contribution in [3.63, 3.8) is 0 Å². The second kappa shape index (κ2) is 9.85. The number of nitrogens with one attached hydrogen (secondary N) is 1. The zero-order valence-electron chi connectivity index (χ0n) is 16.8. The number of carbonyl (C=O) groups is 1. The van der Waals surface area contributed by atoms with Crippen molar-refractivity contribution in [2.45, 2.75) is 32.7 Å². The Morgan fingerprint density at radius 2 is 1.50 bits per heavy atom. The number of aromatic nitrogens is 2. The van der Waals surface area contributed by atoms with Gasteiger partial charge in [-0.3, -0.25) is 4.79 Å². The number of para-hydroxylation sites is 2. The maximum absolute atomic E-state index is 12.2. The lowest BCUT2D eigenvalue weighted by atomic mass is 10.1. The number of hydrogen-bond acceptors (Lipinski definition) is 3. The standard InChI is InChI=1S/C25H25N3O2/c29-25(14-15-28-19-27-23-8-4-5-9-24(23)28)26-16-20-10-12-22(13-11-20)18-30-17-21-6-2-1-3-7-21/h1-13,19H,14-18H2,(H,26,29). The van der Waals surface area contributed by atoms with E-state index in [0.717, 1.165) is 22.2 Å². The van der Waals surface area contributed by atoms with Gasteiger partial charge in [0.1, 0.15) is 0 Å². The van der Waals surface area contributed by atoms with E-state index >= 15 is 0 Å². The fourth-order valence-corrected chi connectivity index (χ4v) is 3.31. The molecule has 0 bridgehead atoms. The van der Waals surface area contributed by atoms with E-state index in [1.165, 1.54) is 5.56 Å². The average Bonchev–Trinajstić information content (AvgIpc) is 3.21. The zero-order valence-corrected chi connectivity index (χ0v) is 16.8. The van der Waals surface area contributed by atoms with Crippen molar-refractivity contribution in [1.29, 1.82) is 0 Å². The largest absolute Gasteiger partial charge is 0.372 e. The molecule has 0 radical (unpaired) electrons. The Labute approximate surface area is 176 Å². The summed E-state index contributed by atoms with van der Waals surface area (Å²) in [7, 11) is 0. The minimum atomic E-state index is 0.0306. The smallest absolute Gasteiger partial charge is 0.222 e. The van der Waals surface area contributed by atoms with Gasteiger partial charge < -0.3 is 14.6 Å².